The van der Waals surface area contributed by atoms with Gasteiger partial charge in [0.1, 0.15) is 6.61 Å². The van der Waals surface area contributed by atoms with E-state index in [2.05, 4.69) is 22.5 Å². The van der Waals surface area contributed by atoms with Crippen LogP contribution in [0.25, 0.3) is 10.8 Å². The van der Waals surface area contributed by atoms with Crippen LogP contribution in [0.5, 0.6) is 0 Å². The van der Waals surface area contributed by atoms with Crippen molar-refractivity contribution in [3.63, 3.8) is 0 Å². The van der Waals surface area contributed by atoms with Crippen molar-refractivity contribution in [2.45, 2.75) is 6.61 Å². The Kier molecular flexibility index (Phi) is 3.59. The summed E-state index contributed by atoms with van der Waals surface area (Å²) in [7, 11) is 0. The lowest BCUT2D eigenvalue weighted by Gasteiger charge is -2.08. The number of halogens is 1. The number of esters is 1. The van der Waals surface area contributed by atoms with Gasteiger partial charge in [0.25, 0.3) is 0 Å². The fourth-order valence-electron chi connectivity index (χ4n) is 1.66. The van der Waals surface area contributed by atoms with Crippen molar-refractivity contribution >= 4 is 32.7 Å². The standard InChI is InChI=1S/C14H11BrO2/c1-2-14(16)17-9-10-7-8-13(15)12-6-4-3-5-11(10)12/h2-8H,1,9H2. The van der Waals surface area contributed by atoms with Gasteiger partial charge in [-0.25, -0.2) is 4.79 Å². The molecule has 0 heterocycles. The summed E-state index contributed by atoms with van der Waals surface area (Å²) in [5, 5.41) is 2.19. The zero-order chi connectivity index (χ0) is 12.3. The first-order chi connectivity index (χ1) is 8.22. The van der Waals surface area contributed by atoms with Crippen LogP contribution in [-0.2, 0) is 16.1 Å². The minimum Gasteiger partial charge on any atom is -0.458 e. The average Bonchev–Trinajstić information content (AvgIpc) is 2.38. The first kappa shape index (κ1) is 11.9. The Balaban J connectivity index is 2.38. The lowest BCUT2D eigenvalue weighted by Crippen LogP contribution is -2.00. The highest BCUT2D eigenvalue weighted by atomic mass is 79.9. The van der Waals surface area contributed by atoms with Crippen LogP contribution in [0.15, 0.2) is 53.5 Å². The van der Waals surface area contributed by atoms with Crippen LogP contribution >= 0.6 is 15.9 Å². The minimum atomic E-state index is -0.406. The molecular weight excluding hydrogens is 280 g/mol. The highest BCUT2D eigenvalue weighted by molar-refractivity contribution is 9.10. The molecule has 0 aliphatic carbocycles. The number of fused-ring (bicyclic) bond motifs is 1. The van der Waals surface area contributed by atoms with E-state index in [-0.39, 0.29) is 6.61 Å². The molecule has 0 N–H and O–H groups in total. The molecule has 0 aliphatic rings. The van der Waals surface area contributed by atoms with Crippen molar-refractivity contribution in [3.05, 3.63) is 59.1 Å². The van der Waals surface area contributed by atoms with Gasteiger partial charge in [0, 0.05) is 10.5 Å². The zero-order valence-corrected chi connectivity index (χ0v) is 10.7. The van der Waals surface area contributed by atoms with E-state index in [4.69, 9.17) is 4.74 Å². The first-order valence-corrected chi connectivity index (χ1v) is 5.97. The maximum Gasteiger partial charge on any atom is 0.330 e. The summed E-state index contributed by atoms with van der Waals surface area (Å²) in [4.78, 5) is 11.0. The topological polar surface area (TPSA) is 26.3 Å². The second-order valence-electron chi connectivity index (χ2n) is 3.56. The van der Waals surface area contributed by atoms with Crippen LogP contribution in [0.3, 0.4) is 0 Å². The molecule has 0 bridgehead atoms. The highest BCUT2D eigenvalue weighted by Crippen LogP contribution is 2.27. The molecule has 0 aromatic heterocycles. The number of hydrogen-bond acceptors (Lipinski definition) is 2. The summed E-state index contributed by atoms with van der Waals surface area (Å²) in [5.74, 6) is -0.406. The highest BCUT2D eigenvalue weighted by Gasteiger charge is 2.05. The Labute approximate surface area is 108 Å². The molecule has 0 aliphatic heterocycles. The molecule has 2 rings (SSSR count). The van der Waals surface area contributed by atoms with Crippen LogP contribution < -0.4 is 0 Å². The van der Waals surface area contributed by atoms with E-state index in [1.54, 1.807) is 0 Å². The third-order valence-corrected chi connectivity index (χ3v) is 3.19. The van der Waals surface area contributed by atoms with Gasteiger partial charge in [-0.2, -0.15) is 0 Å². The average molecular weight is 291 g/mol. The molecule has 3 heteroatoms. The molecule has 0 amide bonds. The lowest BCUT2D eigenvalue weighted by atomic mass is 10.1. The maximum absolute atomic E-state index is 11.0. The predicted molar refractivity (Wildman–Crippen MR) is 71.6 cm³/mol. The van der Waals surface area contributed by atoms with Gasteiger partial charge in [-0.05, 0) is 22.4 Å². The summed E-state index contributed by atoms with van der Waals surface area (Å²) in [6, 6.07) is 11.9. The van der Waals surface area contributed by atoms with E-state index in [1.807, 2.05) is 36.4 Å². The van der Waals surface area contributed by atoms with Gasteiger partial charge < -0.3 is 4.74 Å². The number of hydrogen-bond donors (Lipinski definition) is 0. The van der Waals surface area contributed by atoms with Crippen molar-refractivity contribution < 1.29 is 9.53 Å². The maximum atomic E-state index is 11.0. The molecular formula is C14H11BrO2. The van der Waals surface area contributed by atoms with E-state index in [0.29, 0.717) is 0 Å². The monoisotopic (exact) mass is 290 g/mol. The molecule has 0 radical (unpaired) electrons. The molecule has 0 unspecified atom stereocenters. The summed E-state index contributed by atoms with van der Waals surface area (Å²) >= 11 is 3.50. The number of ether oxygens (including phenoxy) is 1. The van der Waals surface area contributed by atoms with E-state index < -0.39 is 5.97 Å². The molecule has 0 fully saturated rings. The second-order valence-corrected chi connectivity index (χ2v) is 4.42. The van der Waals surface area contributed by atoms with Crippen molar-refractivity contribution in [3.8, 4) is 0 Å². The van der Waals surface area contributed by atoms with Gasteiger partial charge >= 0.3 is 5.97 Å². The largest absolute Gasteiger partial charge is 0.458 e. The summed E-state index contributed by atoms with van der Waals surface area (Å²) in [6.45, 7) is 3.63. The van der Waals surface area contributed by atoms with Crippen LogP contribution in [0, 0.1) is 0 Å². The van der Waals surface area contributed by atoms with Crippen LogP contribution in [0.2, 0.25) is 0 Å². The van der Waals surface area contributed by atoms with Crippen molar-refractivity contribution in [2.24, 2.45) is 0 Å². The summed E-state index contributed by atoms with van der Waals surface area (Å²) in [6.07, 6.45) is 1.17. The Morgan fingerprint density at radius 1 is 1.24 bits per heavy atom. The number of rotatable bonds is 3. The van der Waals surface area contributed by atoms with Crippen LogP contribution in [-0.4, -0.2) is 5.97 Å². The number of carbonyl (C=O) groups is 1. The normalized spacial score (nSPS) is 10.2. The van der Waals surface area contributed by atoms with Gasteiger partial charge in [-0.15, -0.1) is 0 Å². The van der Waals surface area contributed by atoms with E-state index >= 15 is 0 Å². The summed E-state index contributed by atoms with van der Waals surface area (Å²) in [5.41, 5.74) is 0.985. The van der Waals surface area contributed by atoms with E-state index in [0.717, 1.165) is 20.8 Å². The van der Waals surface area contributed by atoms with Crippen molar-refractivity contribution in [2.75, 3.05) is 0 Å². The lowest BCUT2D eigenvalue weighted by molar-refractivity contribution is -0.138. The molecule has 2 nitrogen and oxygen atoms in total. The van der Waals surface area contributed by atoms with Crippen molar-refractivity contribution in [1.29, 1.82) is 0 Å². The quantitative estimate of drug-likeness (QED) is 0.634. The molecule has 2 aromatic carbocycles. The van der Waals surface area contributed by atoms with E-state index in [9.17, 15) is 4.79 Å². The number of benzene rings is 2. The van der Waals surface area contributed by atoms with Gasteiger partial charge in [-0.1, -0.05) is 52.8 Å². The third-order valence-electron chi connectivity index (χ3n) is 2.50. The zero-order valence-electron chi connectivity index (χ0n) is 9.15. The van der Waals surface area contributed by atoms with Crippen LogP contribution in [0.1, 0.15) is 5.56 Å². The number of carbonyl (C=O) groups excluding carboxylic acids is 1. The molecule has 86 valence electrons. The Morgan fingerprint density at radius 2 is 1.94 bits per heavy atom. The Bertz CT molecular complexity index is 575. The molecule has 0 atom stereocenters. The summed E-state index contributed by atoms with van der Waals surface area (Å²) < 4.78 is 6.09. The smallest absolute Gasteiger partial charge is 0.330 e. The molecule has 0 saturated heterocycles. The van der Waals surface area contributed by atoms with Crippen LogP contribution in [0.4, 0.5) is 0 Å². The fourth-order valence-corrected chi connectivity index (χ4v) is 2.14. The van der Waals surface area contributed by atoms with Gasteiger partial charge in [0.05, 0.1) is 0 Å². The van der Waals surface area contributed by atoms with Gasteiger partial charge in [-0.3, -0.25) is 0 Å². The second kappa shape index (κ2) is 5.15. The predicted octanol–water partition coefficient (Wildman–Crippen LogP) is 3.83. The Hall–Kier alpha value is -1.61. The third kappa shape index (κ3) is 2.56. The molecule has 2 aromatic rings. The Morgan fingerprint density at radius 3 is 2.65 bits per heavy atom. The molecule has 0 saturated carbocycles. The van der Waals surface area contributed by atoms with Gasteiger partial charge in [0.15, 0.2) is 0 Å². The SMILES string of the molecule is C=CC(=O)OCc1ccc(Br)c2ccccc12. The van der Waals surface area contributed by atoms with E-state index in [1.165, 1.54) is 6.08 Å². The van der Waals surface area contributed by atoms with Gasteiger partial charge in [0.2, 0.25) is 0 Å². The molecule has 0 spiro atoms. The minimum absolute atomic E-state index is 0.263. The fraction of sp³-hybridized carbons (Fsp3) is 0.0714. The van der Waals surface area contributed by atoms with Crippen molar-refractivity contribution in [1.82, 2.24) is 0 Å². The first-order valence-electron chi connectivity index (χ1n) is 5.17. The molecule has 17 heavy (non-hydrogen) atoms.